The second-order valence-electron chi connectivity index (χ2n) is 16.7. The predicted octanol–water partition coefficient (Wildman–Crippen LogP) is 5.17. The van der Waals surface area contributed by atoms with Crippen molar-refractivity contribution in [1.29, 1.82) is 0 Å². The highest BCUT2D eigenvalue weighted by Gasteiger charge is 2.37. The van der Waals surface area contributed by atoms with Gasteiger partial charge >= 0.3 is 0 Å². The lowest BCUT2D eigenvalue weighted by Gasteiger charge is -2.34. The number of hydrogen-bond acceptors (Lipinski definition) is 10. The molecule has 1 fully saturated rings. The Morgan fingerprint density at radius 1 is 0.947 bits per heavy atom. The van der Waals surface area contributed by atoms with E-state index < -0.39 is 39.5 Å². The minimum absolute atomic E-state index is 0.00970. The van der Waals surface area contributed by atoms with Crippen LogP contribution in [0.15, 0.2) is 77.7 Å². The molecule has 1 aliphatic rings. The van der Waals surface area contributed by atoms with Crippen molar-refractivity contribution in [3.05, 3.63) is 89.5 Å². The molecule has 0 spiro atoms. The molecule has 3 atom stereocenters. The molecule has 5 N–H and O–H groups in total. The lowest BCUT2D eigenvalue weighted by atomic mass is 9.85. The highest BCUT2D eigenvalue weighted by Crippen LogP contribution is 2.30. The normalized spacial score (nSPS) is 15.5. The maximum absolute atomic E-state index is 14.4. The standard InChI is InChI=1S/C43H61N7O5S2/c1-30(2)28-50(57(54,55)34-17-18-35-38(25-34)56-42(47-35)45-19-22-49-20-10-11-21-49)29-37(51)36(24-32-14-8-7-9-15-32)46-41(53)40(43(4,5)6)48-39(52)27-44-26-33-16-12-13-31(3)23-33/h7-9,12-18,23,25,30,36-37,40,44,51H,10-11,19-22,24,26-29H2,1-6H3,(H,45,47)(H,46,53)(H,48,52)/t36-,37+,40?/m0/s1. The zero-order valence-electron chi connectivity index (χ0n) is 34.3. The molecule has 1 saturated heterocycles. The van der Waals surface area contributed by atoms with Crippen LogP contribution in [0.5, 0.6) is 0 Å². The van der Waals surface area contributed by atoms with Gasteiger partial charge < -0.3 is 31.3 Å². The maximum atomic E-state index is 14.4. The van der Waals surface area contributed by atoms with Crippen molar-refractivity contribution in [2.24, 2.45) is 11.3 Å². The first-order valence-electron chi connectivity index (χ1n) is 20.0. The van der Waals surface area contributed by atoms with Crippen molar-refractivity contribution in [3.63, 3.8) is 0 Å². The van der Waals surface area contributed by atoms with Gasteiger partial charge in [0.1, 0.15) is 6.04 Å². The van der Waals surface area contributed by atoms with Crippen LogP contribution in [0, 0.1) is 18.3 Å². The average Bonchev–Trinajstić information content (AvgIpc) is 3.83. The van der Waals surface area contributed by atoms with Gasteiger partial charge in [-0.1, -0.05) is 106 Å². The van der Waals surface area contributed by atoms with Gasteiger partial charge in [-0.3, -0.25) is 9.59 Å². The van der Waals surface area contributed by atoms with E-state index in [1.54, 1.807) is 18.2 Å². The number of sulfonamides is 1. The lowest BCUT2D eigenvalue weighted by molar-refractivity contribution is -0.132. The van der Waals surface area contributed by atoms with Crippen LogP contribution >= 0.6 is 11.3 Å². The fraction of sp³-hybridized carbons (Fsp3) is 0.512. The third-order valence-electron chi connectivity index (χ3n) is 10.1. The first-order valence-corrected chi connectivity index (χ1v) is 22.3. The van der Waals surface area contributed by atoms with Crippen LogP contribution < -0.4 is 21.3 Å². The fourth-order valence-electron chi connectivity index (χ4n) is 7.08. The number of aliphatic hydroxyl groups excluding tert-OH is 1. The van der Waals surface area contributed by atoms with Gasteiger partial charge in [0.25, 0.3) is 0 Å². The molecule has 1 aliphatic heterocycles. The SMILES string of the molecule is Cc1cccc(CNCC(=O)NC(C(=O)N[C@@H](Cc2ccccc2)[C@H](O)CN(CC(C)C)S(=O)(=O)c2ccc3nc(NCCN4CCCC4)sc3c2)C(C)(C)C)c1. The Labute approximate surface area is 342 Å². The Morgan fingerprint density at radius 2 is 1.67 bits per heavy atom. The van der Waals surface area contributed by atoms with Crippen LogP contribution in [0.3, 0.4) is 0 Å². The fourth-order valence-corrected chi connectivity index (χ4v) is 9.73. The van der Waals surface area contributed by atoms with Crippen LogP contribution in [0.2, 0.25) is 0 Å². The molecule has 57 heavy (non-hydrogen) atoms. The van der Waals surface area contributed by atoms with Gasteiger partial charge in [-0.2, -0.15) is 4.31 Å². The Kier molecular flexibility index (Phi) is 15.6. The van der Waals surface area contributed by atoms with Crippen LogP contribution in [0.1, 0.15) is 64.2 Å². The molecular weight excluding hydrogens is 759 g/mol. The number of likely N-dealkylation sites (tertiary alicyclic amines) is 1. The highest BCUT2D eigenvalue weighted by molar-refractivity contribution is 7.89. The Hall–Kier alpha value is -3.92. The molecule has 1 aromatic heterocycles. The molecule has 0 radical (unpaired) electrons. The number of carbonyl (C=O) groups excluding carboxylic acids is 2. The van der Waals surface area contributed by atoms with E-state index in [9.17, 15) is 23.1 Å². The molecule has 2 heterocycles. The van der Waals surface area contributed by atoms with Crippen molar-refractivity contribution in [3.8, 4) is 0 Å². The first-order chi connectivity index (χ1) is 27.1. The molecule has 5 rings (SSSR count). The molecule has 12 nitrogen and oxygen atoms in total. The van der Waals surface area contributed by atoms with Crippen molar-refractivity contribution in [1.82, 2.24) is 30.1 Å². The lowest BCUT2D eigenvalue weighted by Crippen LogP contribution is -2.59. The summed E-state index contributed by atoms with van der Waals surface area (Å²) in [5.41, 5.74) is 3.07. The Morgan fingerprint density at radius 3 is 2.35 bits per heavy atom. The summed E-state index contributed by atoms with van der Waals surface area (Å²) in [5, 5.41) is 25.1. The Bertz CT molecular complexity index is 2030. The molecule has 310 valence electrons. The molecular formula is C43H61N7O5S2. The minimum atomic E-state index is -4.07. The summed E-state index contributed by atoms with van der Waals surface area (Å²) < 4.78 is 30.8. The van der Waals surface area contributed by atoms with Crippen molar-refractivity contribution in [2.75, 3.05) is 51.1 Å². The van der Waals surface area contributed by atoms with E-state index >= 15 is 0 Å². The molecule has 14 heteroatoms. The summed E-state index contributed by atoms with van der Waals surface area (Å²) >= 11 is 1.42. The third kappa shape index (κ3) is 13.0. The quantitative estimate of drug-likeness (QED) is 0.0813. The number of nitrogens with one attached hydrogen (secondary N) is 4. The summed E-state index contributed by atoms with van der Waals surface area (Å²) in [6.07, 6.45) is 1.43. The number of thiazole rings is 1. The molecule has 0 saturated carbocycles. The smallest absolute Gasteiger partial charge is 0.243 e. The van der Waals surface area contributed by atoms with E-state index in [1.165, 1.54) is 28.5 Å². The van der Waals surface area contributed by atoms with Gasteiger partial charge in [-0.05, 0) is 79.9 Å². The molecule has 0 aliphatic carbocycles. The van der Waals surface area contributed by atoms with E-state index in [4.69, 9.17) is 0 Å². The van der Waals surface area contributed by atoms with E-state index in [1.807, 2.05) is 96.1 Å². The van der Waals surface area contributed by atoms with Gasteiger partial charge in [-0.25, -0.2) is 13.4 Å². The van der Waals surface area contributed by atoms with Gasteiger partial charge in [0.15, 0.2) is 5.13 Å². The maximum Gasteiger partial charge on any atom is 0.243 e. The summed E-state index contributed by atoms with van der Waals surface area (Å²) in [7, 11) is -4.07. The van der Waals surface area contributed by atoms with Crippen molar-refractivity contribution < 1.29 is 23.1 Å². The molecule has 1 unspecified atom stereocenters. The van der Waals surface area contributed by atoms with E-state index in [2.05, 4.69) is 31.2 Å². The van der Waals surface area contributed by atoms with Gasteiger partial charge in [0.05, 0.1) is 33.8 Å². The van der Waals surface area contributed by atoms with Crippen LogP contribution in [-0.2, 0) is 32.6 Å². The predicted molar refractivity (Wildman–Crippen MR) is 230 cm³/mol. The average molecular weight is 820 g/mol. The van der Waals surface area contributed by atoms with Gasteiger partial charge in [0.2, 0.25) is 21.8 Å². The second-order valence-corrected chi connectivity index (χ2v) is 19.6. The number of fused-ring (bicyclic) bond motifs is 1. The first kappa shape index (κ1) is 44.2. The number of aromatic nitrogens is 1. The highest BCUT2D eigenvalue weighted by atomic mass is 32.2. The monoisotopic (exact) mass is 819 g/mol. The molecule has 3 aromatic carbocycles. The number of anilines is 1. The van der Waals surface area contributed by atoms with Crippen molar-refractivity contribution in [2.45, 2.75) is 90.4 Å². The van der Waals surface area contributed by atoms with E-state index in [-0.39, 0.29) is 42.8 Å². The van der Waals surface area contributed by atoms with Crippen LogP contribution in [0.4, 0.5) is 5.13 Å². The summed E-state index contributed by atoms with van der Waals surface area (Å²) in [6, 6.07) is 20.6. The number of aliphatic hydroxyl groups is 1. The second kappa shape index (κ2) is 20.2. The number of benzene rings is 3. The van der Waals surface area contributed by atoms with Gasteiger partial charge in [-0.15, -0.1) is 0 Å². The third-order valence-corrected chi connectivity index (χ3v) is 12.9. The molecule has 4 aromatic rings. The zero-order valence-corrected chi connectivity index (χ0v) is 35.9. The Balaban J connectivity index is 1.30. The number of amides is 2. The van der Waals surface area contributed by atoms with Crippen molar-refractivity contribution >= 4 is 48.5 Å². The van der Waals surface area contributed by atoms with E-state index in [0.717, 1.165) is 52.7 Å². The number of rotatable bonds is 20. The van der Waals surface area contributed by atoms with Crippen LogP contribution in [-0.4, -0.2) is 104 Å². The molecule has 0 bridgehead atoms. The summed E-state index contributed by atoms with van der Waals surface area (Å²) in [4.78, 5) is 34.5. The minimum Gasteiger partial charge on any atom is -0.390 e. The summed E-state index contributed by atoms with van der Waals surface area (Å²) in [5.74, 6) is -0.851. The van der Waals surface area contributed by atoms with E-state index in [0.29, 0.717) is 12.1 Å². The van der Waals surface area contributed by atoms with Crippen LogP contribution in [0.25, 0.3) is 10.2 Å². The molecule has 2 amide bonds. The number of carbonyl (C=O) groups is 2. The number of nitrogens with zero attached hydrogens (tertiary/aromatic N) is 3. The number of aryl methyl sites for hydroxylation is 1. The number of hydrogen-bond donors (Lipinski definition) is 5. The van der Waals surface area contributed by atoms with Gasteiger partial charge in [0, 0.05) is 32.7 Å². The zero-order chi connectivity index (χ0) is 41.2. The topological polar surface area (TPSA) is 156 Å². The summed E-state index contributed by atoms with van der Waals surface area (Å²) in [6.45, 7) is 15.8. The largest absolute Gasteiger partial charge is 0.390 e.